The Morgan fingerprint density at radius 2 is 2.14 bits per heavy atom. The minimum absolute atomic E-state index is 0.627. The van der Waals surface area contributed by atoms with Gasteiger partial charge in [0.2, 0.25) is 0 Å². The van der Waals surface area contributed by atoms with E-state index in [0.29, 0.717) is 10.7 Å². The van der Waals surface area contributed by atoms with Crippen LogP contribution in [0.25, 0.3) is 0 Å². The second-order valence-corrected chi connectivity index (χ2v) is 6.46. The maximum absolute atomic E-state index is 11.8. The topological polar surface area (TPSA) is 29.4 Å². The standard InChI is InChI=1S/C10H12ClNOS/c1-8-4-2-5-9(10(8)11)12-14(13)6-3-7-14/h2,4-5H,3,6-7H2,1H3. The van der Waals surface area contributed by atoms with Crippen molar-refractivity contribution in [2.45, 2.75) is 13.3 Å². The Bertz CT molecular complexity index is 465. The van der Waals surface area contributed by atoms with Crippen LogP contribution in [0.15, 0.2) is 22.6 Å². The lowest BCUT2D eigenvalue weighted by molar-refractivity contribution is 0.663. The summed E-state index contributed by atoms with van der Waals surface area (Å²) >= 11 is 6.06. The van der Waals surface area contributed by atoms with Crippen molar-refractivity contribution >= 4 is 27.0 Å². The first-order chi connectivity index (χ1) is 6.61. The van der Waals surface area contributed by atoms with E-state index in [2.05, 4.69) is 4.36 Å². The zero-order valence-corrected chi connectivity index (χ0v) is 9.57. The molecule has 1 aliphatic heterocycles. The summed E-state index contributed by atoms with van der Waals surface area (Å²) in [4.78, 5) is 0. The first kappa shape index (κ1) is 9.99. The fourth-order valence-corrected chi connectivity index (χ4v) is 3.06. The number of nitrogens with zero attached hydrogens (tertiary/aromatic N) is 1. The zero-order valence-electron chi connectivity index (χ0n) is 8.00. The molecule has 4 heteroatoms. The predicted octanol–water partition coefficient (Wildman–Crippen LogP) is 3.15. The van der Waals surface area contributed by atoms with Crippen LogP contribution in [0.3, 0.4) is 0 Å². The zero-order chi connectivity index (χ0) is 10.2. The monoisotopic (exact) mass is 229 g/mol. The molecule has 0 saturated carbocycles. The summed E-state index contributed by atoms with van der Waals surface area (Å²) < 4.78 is 16.1. The van der Waals surface area contributed by atoms with Gasteiger partial charge < -0.3 is 0 Å². The highest BCUT2D eigenvalue weighted by Crippen LogP contribution is 2.30. The van der Waals surface area contributed by atoms with E-state index < -0.39 is 9.73 Å². The van der Waals surface area contributed by atoms with Crippen LogP contribution in [-0.4, -0.2) is 15.7 Å². The van der Waals surface area contributed by atoms with E-state index in [1.54, 1.807) is 0 Å². The quantitative estimate of drug-likeness (QED) is 0.728. The van der Waals surface area contributed by atoms with Gasteiger partial charge in [-0.3, -0.25) is 0 Å². The molecular formula is C10H12ClNOS. The van der Waals surface area contributed by atoms with Crippen molar-refractivity contribution in [1.82, 2.24) is 0 Å². The van der Waals surface area contributed by atoms with Crippen LogP contribution in [0, 0.1) is 6.92 Å². The van der Waals surface area contributed by atoms with E-state index in [9.17, 15) is 4.21 Å². The average molecular weight is 230 g/mol. The molecule has 0 atom stereocenters. The van der Waals surface area contributed by atoms with Gasteiger partial charge in [0.05, 0.1) is 20.4 Å². The fourth-order valence-electron chi connectivity index (χ4n) is 1.36. The van der Waals surface area contributed by atoms with Crippen LogP contribution >= 0.6 is 11.6 Å². The van der Waals surface area contributed by atoms with Gasteiger partial charge in [-0.15, -0.1) is 0 Å². The van der Waals surface area contributed by atoms with Crippen LogP contribution in [0.5, 0.6) is 0 Å². The summed E-state index contributed by atoms with van der Waals surface area (Å²) in [5.41, 5.74) is 1.66. The van der Waals surface area contributed by atoms with Crippen molar-refractivity contribution < 1.29 is 4.21 Å². The molecule has 2 rings (SSSR count). The number of hydrogen-bond donors (Lipinski definition) is 0. The molecule has 0 aliphatic carbocycles. The Morgan fingerprint density at radius 1 is 1.43 bits per heavy atom. The molecule has 0 bridgehead atoms. The average Bonchev–Trinajstić information content (AvgIpc) is 2.10. The summed E-state index contributed by atoms with van der Waals surface area (Å²) in [5.74, 6) is 1.44. The maximum Gasteiger partial charge on any atom is 0.0919 e. The summed E-state index contributed by atoms with van der Waals surface area (Å²) in [6.45, 7) is 1.93. The molecule has 2 nitrogen and oxygen atoms in total. The van der Waals surface area contributed by atoms with Crippen LogP contribution in [0.4, 0.5) is 5.69 Å². The lowest BCUT2D eigenvalue weighted by atomic mass is 10.2. The van der Waals surface area contributed by atoms with Crippen molar-refractivity contribution in [3.05, 3.63) is 28.8 Å². The SMILES string of the molecule is Cc1cccc(N=S2(=O)CCC2)c1Cl. The van der Waals surface area contributed by atoms with E-state index in [-0.39, 0.29) is 0 Å². The Kier molecular flexibility index (Phi) is 2.54. The smallest absolute Gasteiger partial charge is 0.0919 e. The van der Waals surface area contributed by atoms with Crippen molar-refractivity contribution in [1.29, 1.82) is 0 Å². The van der Waals surface area contributed by atoms with Gasteiger partial charge in [-0.25, -0.2) is 4.21 Å². The third-order valence-corrected chi connectivity index (χ3v) is 5.24. The minimum Gasteiger partial charge on any atom is -0.249 e. The molecule has 0 unspecified atom stereocenters. The van der Waals surface area contributed by atoms with Gasteiger partial charge in [-0.1, -0.05) is 23.7 Å². The van der Waals surface area contributed by atoms with E-state index in [1.807, 2.05) is 25.1 Å². The second-order valence-electron chi connectivity index (χ2n) is 3.53. The van der Waals surface area contributed by atoms with Gasteiger partial charge in [0.25, 0.3) is 0 Å². The molecule has 1 aromatic rings. The molecule has 1 aromatic carbocycles. The third kappa shape index (κ3) is 1.79. The number of hydrogen-bond acceptors (Lipinski definition) is 2. The van der Waals surface area contributed by atoms with Crippen molar-refractivity contribution in [3.8, 4) is 0 Å². The molecule has 1 saturated heterocycles. The van der Waals surface area contributed by atoms with Gasteiger partial charge in [0, 0.05) is 11.5 Å². The summed E-state index contributed by atoms with van der Waals surface area (Å²) in [6.07, 6.45) is 1.02. The summed E-state index contributed by atoms with van der Waals surface area (Å²) in [7, 11) is -1.94. The van der Waals surface area contributed by atoms with E-state index >= 15 is 0 Å². The Labute approximate surface area is 89.5 Å². The molecule has 0 amide bonds. The molecule has 0 aromatic heterocycles. The molecule has 1 heterocycles. The third-order valence-electron chi connectivity index (χ3n) is 2.36. The molecule has 0 spiro atoms. The van der Waals surface area contributed by atoms with E-state index in [1.165, 1.54) is 0 Å². The Balaban J connectivity index is 2.48. The molecule has 1 aliphatic rings. The predicted molar refractivity (Wildman–Crippen MR) is 60.8 cm³/mol. The van der Waals surface area contributed by atoms with Crippen LogP contribution in [0.1, 0.15) is 12.0 Å². The lowest BCUT2D eigenvalue weighted by Gasteiger charge is -2.18. The highest BCUT2D eigenvalue weighted by atomic mass is 35.5. The van der Waals surface area contributed by atoms with Gasteiger partial charge in [0.1, 0.15) is 0 Å². The van der Waals surface area contributed by atoms with Gasteiger partial charge in [-0.2, -0.15) is 4.36 Å². The maximum atomic E-state index is 11.8. The highest BCUT2D eigenvalue weighted by Gasteiger charge is 2.19. The van der Waals surface area contributed by atoms with Crippen molar-refractivity contribution in [2.24, 2.45) is 4.36 Å². The van der Waals surface area contributed by atoms with Crippen LogP contribution in [0.2, 0.25) is 5.02 Å². The number of aryl methyl sites for hydroxylation is 1. The van der Waals surface area contributed by atoms with E-state index in [0.717, 1.165) is 23.5 Å². The lowest BCUT2D eigenvalue weighted by Crippen LogP contribution is -2.22. The molecule has 76 valence electrons. The number of halogens is 1. The molecular weight excluding hydrogens is 218 g/mol. The fraction of sp³-hybridized carbons (Fsp3) is 0.400. The van der Waals surface area contributed by atoms with Crippen LogP contribution in [-0.2, 0) is 9.73 Å². The largest absolute Gasteiger partial charge is 0.249 e. The summed E-state index contributed by atoms with van der Waals surface area (Å²) in [6, 6.07) is 5.64. The van der Waals surface area contributed by atoms with Crippen molar-refractivity contribution in [2.75, 3.05) is 11.5 Å². The first-order valence-electron chi connectivity index (χ1n) is 4.58. The molecule has 0 N–H and O–H groups in total. The highest BCUT2D eigenvalue weighted by molar-refractivity contribution is 7.95. The Morgan fingerprint density at radius 3 is 2.71 bits per heavy atom. The number of rotatable bonds is 1. The van der Waals surface area contributed by atoms with Crippen LogP contribution < -0.4 is 0 Å². The van der Waals surface area contributed by atoms with Gasteiger partial charge in [-0.05, 0) is 25.0 Å². The molecule has 14 heavy (non-hydrogen) atoms. The second kappa shape index (κ2) is 3.55. The van der Waals surface area contributed by atoms with E-state index in [4.69, 9.17) is 11.6 Å². The molecule has 1 fully saturated rings. The number of benzene rings is 1. The first-order valence-corrected chi connectivity index (χ1v) is 6.81. The van der Waals surface area contributed by atoms with Gasteiger partial charge >= 0.3 is 0 Å². The Hall–Kier alpha value is -0.540. The molecule has 0 radical (unpaired) electrons. The van der Waals surface area contributed by atoms with Gasteiger partial charge in [0.15, 0.2) is 0 Å². The minimum atomic E-state index is -1.94. The normalized spacial score (nSPS) is 18.7. The summed E-state index contributed by atoms with van der Waals surface area (Å²) in [5, 5.41) is 0.627. The van der Waals surface area contributed by atoms with Crippen molar-refractivity contribution in [3.63, 3.8) is 0 Å².